The van der Waals surface area contributed by atoms with Crippen LogP contribution in [0.3, 0.4) is 0 Å². The molecular formula is C14H18ClFN2O2. The van der Waals surface area contributed by atoms with Gasteiger partial charge in [-0.15, -0.1) is 0 Å². The Kier molecular flexibility index (Phi) is 4.18. The van der Waals surface area contributed by atoms with Crippen LogP contribution in [0.2, 0.25) is 5.02 Å². The lowest BCUT2D eigenvalue weighted by molar-refractivity contribution is 0.0292. The van der Waals surface area contributed by atoms with Crippen molar-refractivity contribution in [2.45, 2.75) is 38.7 Å². The van der Waals surface area contributed by atoms with Crippen LogP contribution >= 0.6 is 11.6 Å². The van der Waals surface area contributed by atoms with Crippen LogP contribution in [-0.4, -0.2) is 34.7 Å². The molecule has 1 atom stereocenters. The second kappa shape index (κ2) is 5.56. The Balaban J connectivity index is 2.03. The summed E-state index contributed by atoms with van der Waals surface area (Å²) in [6, 6.07) is 1.25. The van der Waals surface area contributed by atoms with Crippen LogP contribution in [0.15, 0.2) is 12.3 Å². The monoisotopic (exact) mass is 300 g/mol. The Hall–Kier alpha value is -1.36. The minimum atomic E-state index is -0.529. The third-order valence-electron chi connectivity index (χ3n) is 3.06. The molecule has 1 aromatic heterocycles. The first-order valence-electron chi connectivity index (χ1n) is 6.55. The molecule has 6 heteroatoms. The van der Waals surface area contributed by atoms with Gasteiger partial charge in [-0.05, 0) is 33.3 Å². The summed E-state index contributed by atoms with van der Waals surface area (Å²) in [5.74, 6) is -0.534. The van der Waals surface area contributed by atoms with Crippen LogP contribution in [-0.2, 0) is 4.74 Å². The number of rotatable bonds is 1. The molecule has 1 unspecified atom stereocenters. The Morgan fingerprint density at radius 3 is 2.85 bits per heavy atom. The summed E-state index contributed by atoms with van der Waals surface area (Å²) in [6.07, 6.45) is 1.73. The predicted octanol–water partition coefficient (Wildman–Crippen LogP) is 3.60. The van der Waals surface area contributed by atoms with Crippen LogP contribution in [0.5, 0.6) is 0 Å². The summed E-state index contributed by atoms with van der Waals surface area (Å²) < 4.78 is 19.1. The highest BCUT2D eigenvalue weighted by Gasteiger charge is 2.32. The predicted molar refractivity (Wildman–Crippen MR) is 74.4 cm³/mol. The first kappa shape index (κ1) is 15.0. The molecule has 1 aromatic rings. The molecule has 0 radical (unpaired) electrons. The van der Waals surface area contributed by atoms with E-state index in [1.54, 1.807) is 4.90 Å². The summed E-state index contributed by atoms with van der Waals surface area (Å²) >= 11 is 5.69. The van der Waals surface area contributed by atoms with Gasteiger partial charge in [0, 0.05) is 25.2 Å². The Morgan fingerprint density at radius 2 is 2.25 bits per heavy atom. The molecule has 1 saturated heterocycles. The van der Waals surface area contributed by atoms with Crippen molar-refractivity contribution in [3.8, 4) is 0 Å². The number of hydrogen-bond donors (Lipinski definition) is 0. The van der Waals surface area contributed by atoms with E-state index in [4.69, 9.17) is 16.3 Å². The average Bonchev–Trinajstić information content (AvgIpc) is 2.75. The van der Waals surface area contributed by atoms with Crippen LogP contribution in [0.25, 0.3) is 0 Å². The lowest BCUT2D eigenvalue weighted by Gasteiger charge is -2.24. The van der Waals surface area contributed by atoms with Gasteiger partial charge in [-0.3, -0.25) is 4.98 Å². The molecular weight excluding hydrogens is 283 g/mol. The Labute approximate surface area is 122 Å². The van der Waals surface area contributed by atoms with E-state index in [9.17, 15) is 9.18 Å². The number of halogens is 2. The molecule has 1 aliphatic rings. The molecule has 0 N–H and O–H groups in total. The maximum absolute atomic E-state index is 13.8. The van der Waals surface area contributed by atoms with E-state index in [1.807, 2.05) is 20.8 Å². The van der Waals surface area contributed by atoms with Gasteiger partial charge in [0.05, 0.1) is 10.7 Å². The Morgan fingerprint density at radius 1 is 1.55 bits per heavy atom. The number of aromatic nitrogens is 1. The summed E-state index contributed by atoms with van der Waals surface area (Å²) in [5, 5.41) is 0.272. The third kappa shape index (κ3) is 3.60. The van der Waals surface area contributed by atoms with Gasteiger partial charge < -0.3 is 9.64 Å². The molecule has 20 heavy (non-hydrogen) atoms. The van der Waals surface area contributed by atoms with Crippen molar-refractivity contribution >= 4 is 17.7 Å². The summed E-state index contributed by atoms with van der Waals surface area (Å²) in [4.78, 5) is 17.6. The van der Waals surface area contributed by atoms with Gasteiger partial charge in [-0.1, -0.05) is 11.6 Å². The van der Waals surface area contributed by atoms with Gasteiger partial charge in [-0.25, -0.2) is 9.18 Å². The number of carbonyl (C=O) groups excluding carboxylic acids is 1. The zero-order valence-electron chi connectivity index (χ0n) is 11.8. The molecule has 1 fully saturated rings. The van der Waals surface area contributed by atoms with E-state index in [0.717, 1.165) is 0 Å². The summed E-state index contributed by atoms with van der Waals surface area (Å²) in [5.41, 5.74) is -0.167. The highest BCUT2D eigenvalue weighted by molar-refractivity contribution is 6.30. The molecule has 0 aromatic carbocycles. The molecule has 0 saturated carbocycles. The maximum atomic E-state index is 13.8. The summed E-state index contributed by atoms with van der Waals surface area (Å²) in [7, 11) is 0. The zero-order valence-corrected chi connectivity index (χ0v) is 12.6. The molecule has 0 aliphatic carbocycles. The molecule has 0 bridgehead atoms. The number of carbonyl (C=O) groups is 1. The van der Waals surface area contributed by atoms with Crippen LogP contribution in [0, 0.1) is 5.82 Å². The van der Waals surface area contributed by atoms with Gasteiger partial charge in [0.25, 0.3) is 0 Å². The molecule has 4 nitrogen and oxygen atoms in total. The topological polar surface area (TPSA) is 42.4 Å². The van der Waals surface area contributed by atoms with Crippen molar-refractivity contribution in [3.63, 3.8) is 0 Å². The molecule has 2 rings (SSSR count). The van der Waals surface area contributed by atoms with Gasteiger partial charge in [0.15, 0.2) is 0 Å². The minimum Gasteiger partial charge on any atom is -0.444 e. The number of hydrogen-bond acceptors (Lipinski definition) is 3. The van der Waals surface area contributed by atoms with Gasteiger partial charge in [-0.2, -0.15) is 0 Å². The largest absolute Gasteiger partial charge is 0.444 e. The lowest BCUT2D eigenvalue weighted by atomic mass is 10.0. The van der Waals surface area contributed by atoms with Gasteiger partial charge >= 0.3 is 6.09 Å². The zero-order chi connectivity index (χ0) is 14.9. The fraction of sp³-hybridized carbons (Fsp3) is 0.571. The third-order valence-corrected chi connectivity index (χ3v) is 3.27. The standard InChI is InChI=1S/C14H18ClFN2O2/c1-14(2,3)20-13(19)18-5-4-9(8-18)12-11(16)6-10(15)7-17-12/h6-7,9H,4-5,8H2,1-3H3. The fourth-order valence-electron chi connectivity index (χ4n) is 2.20. The smallest absolute Gasteiger partial charge is 0.410 e. The quantitative estimate of drug-likeness (QED) is 0.796. The number of nitrogens with zero attached hydrogens (tertiary/aromatic N) is 2. The van der Waals surface area contributed by atoms with E-state index in [1.165, 1.54) is 12.3 Å². The molecule has 0 spiro atoms. The van der Waals surface area contributed by atoms with Crippen LogP contribution in [0.4, 0.5) is 9.18 Å². The number of likely N-dealkylation sites (tertiary alicyclic amines) is 1. The van der Waals surface area contributed by atoms with Crippen molar-refractivity contribution in [2.24, 2.45) is 0 Å². The van der Waals surface area contributed by atoms with Crippen molar-refractivity contribution in [3.05, 3.63) is 28.8 Å². The minimum absolute atomic E-state index is 0.111. The number of ether oxygens (including phenoxy) is 1. The second-order valence-corrected chi connectivity index (χ2v) is 6.37. The van der Waals surface area contributed by atoms with E-state index >= 15 is 0 Å². The van der Waals surface area contributed by atoms with Crippen molar-refractivity contribution in [2.75, 3.05) is 13.1 Å². The van der Waals surface area contributed by atoms with Gasteiger partial charge in [0.1, 0.15) is 11.4 Å². The van der Waals surface area contributed by atoms with Gasteiger partial charge in [0.2, 0.25) is 0 Å². The summed E-state index contributed by atoms with van der Waals surface area (Å²) in [6.45, 7) is 6.42. The van der Waals surface area contributed by atoms with Crippen LogP contribution in [0.1, 0.15) is 38.8 Å². The normalized spacial score (nSPS) is 19.2. The van der Waals surface area contributed by atoms with E-state index < -0.39 is 11.4 Å². The average molecular weight is 301 g/mol. The van der Waals surface area contributed by atoms with E-state index in [-0.39, 0.29) is 17.0 Å². The highest BCUT2D eigenvalue weighted by atomic mass is 35.5. The van der Waals surface area contributed by atoms with E-state index in [0.29, 0.717) is 25.2 Å². The molecule has 2 heterocycles. The highest BCUT2D eigenvalue weighted by Crippen LogP contribution is 2.29. The first-order chi connectivity index (χ1) is 9.26. The fourth-order valence-corrected chi connectivity index (χ4v) is 2.35. The number of amides is 1. The number of pyridine rings is 1. The first-order valence-corrected chi connectivity index (χ1v) is 6.93. The van der Waals surface area contributed by atoms with Crippen molar-refractivity contribution in [1.82, 2.24) is 9.88 Å². The lowest BCUT2D eigenvalue weighted by Crippen LogP contribution is -2.35. The van der Waals surface area contributed by atoms with Crippen LogP contribution < -0.4 is 0 Å². The second-order valence-electron chi connectivity index (χ2n) is 5.93. The molecule has 110 valence electrons. The molecule has 1 amide bonds. The SMILES string of the molecule is CC(C)(C)OC(=O)N1CCC(c2ncc(Cl)cc2F)C1. The van der Waals surface area contributed by atoms with E-state index in [2.05, 4.69) is 4.98 Å². The Bertz CT molecular complexity index is 516. The van der Waals surface area contributed by atoms with Crippen molar-refractivity contribution in [1.29, 1.82) is 0 Å². The molecule has 1 aliphatic heterocycles. The maximum Gasteiger partial charge on any atom is 0.410 e. The van der Waals surface area contributed by atoms with Crippen molar-refractivity contribution < 1.29 is 13.9 Å².